The maximum atomic E-state index is 14.3. The number of piperidine rings is 1. The standard InChI is InChI=1S/C36H53N5O7/c1-19(2)26(33(46)48-20(3)22-15-10-9-11-16-22)39-34(47)40-29(35(4,5)6)32(45)41-18-23-25(36(23,7)8)27(41)31(44)38-24(28(42)30(37)43)17-21-13-12-14-21/h9-11,15-16,19-21,23-27,29H,12-14,17-18H2,1-8H3,(H2,37,43)(H,38,44)(H2,39,40,47)/t20-,23-,24?,25-,26-,27-,29+/m0/s1. The average molecular weight is 668 g/mol. The van der Waals surface area contributed by atoms with Gasteiger partial charge in [0.25, 0.3) is 5.91 Å². The lowest BCUT2D eigenvalue weighted by molar-refractivity contribution is -0.152. The molecule has 0 aromatic heterocycles. The molecule has 0 radical (unpaired) electrons. The van der Waals surface area contributed by atoms with Gasteiger partial charge in [-0.25, -0.2) is 9.59 Å². The minimum absolute atomic E-state index is 0.0512. The molecule has 12 heteroatoms. The number of hydrogen-bond donors (Lipinski definition) is 4. The molecule has 12 nitrogen and oxygen atoms in total. The summed E-state index contributed by atoms with van der Waals surface area (Å²) in [4.78, 5) is 80.9. The first-order valence-corrected chi connectivity index (χ1v) is 17.1. The van der Waals surface area contributed by atoms with Crippen molar-refractivity contribution in [1.29, 1.82) is 0 Å². The minimum Gasteiger partial charge on any atom is -0.456 e. The quantitative estimate of drug-likeness (QED) is 0.184. The number of Topliss-reactive ketones (excluding diaryl/α,β-unsaturated/α-hetero) is 1. The van der Waals surface area contributed by atoms with E-state index in [1.165, 1.54) is 4.90 Å². The monoisotopic (exact) mass is 667 g/mol. The molecule has 0 bridgehead atoms. The molecule has 1 aromatic carbocycles. The molecule has 264 valence electrons. The van der Waals surface area contributed by atoms with Crippen molar-refractivity contribution in [3.63, 3.8) is 0 Å². The largest absolute Gasteiger partial charge is 0.456 e. The van der Waals surface area contributed by atoms with Gasteiger partial charge in [0.15, 0.2) is 0 Å². The number of likely N-dealkylation sites (tertiary alicyclic amines) is 1. The highest BCUT2D eigenvalue weighted by molar-refractivity contribution is 6.37. The molecule has 1 saturated heterocycles. The number of carbonyl (C=O) groups excluding carboxylic acids is 6. The summed E-state index contributed by atoms with van der Waals surface area (Å²) in [6, 6.07) is 4.56. The van der Waals surface area contributed by atoms with Gasteiger partial charge in [-0.2, -0.15) is 0 Å². The highest BCUT2D eigenvalue weighted by Crippen LogP contribution is 2.65. The lowest BCUT2D eigenvalue weighted by atomic mass is 9.80. The average Bonchev–Trinajstić information content (AvgIpc) is 3.30. The first-order valence-electron chi connectivity index (χ1n) is 17.1. The van der Waals surface area contributed by atoms with E-state index in [1.54, 1.807) is 20.8 Å². The summed E-state index contributed by atoms with van der Waals surface area (Å²) < 4.78 is 5.68. The van der Waals surface area contributed by atoms with Crippen LogP contribution in [0.1, 0.15) is 92.7 Å². The van der Waals surface area contributed by atoms with Crippen LogP contribution in [0.4, 0.5) is 4.79 Å². The number of ether oxygens (including phenoxy) is 1. The first kappa shape index (κ1) is 36.9. The van der Waals surface area contributed by atoms with Crippen molar-refractivity contribution in [1.82, 2.24) is 20.9 Å². The van der Waals surface area contributed by atoms with Crippen molar-refractivity contribution in [3.8, 4) is 0 Å². The van der Waals surface area contributed by atoms with Gasteiger partial charge in [-0.15, -0.1) is 0 Å². The molecule has 1 heterocycles. The first-order chi connectivity index (χ1) is 22.3. The van der Waals surface area contributed by atoms with Gasteiger partial charge in [0, 0.05) is 6.54 Å². The van der Waals surface area contributed by atoms with E-state index in [0.717, 1.165) is 24.8 Å². The summed E-state index contributed by atoms with van der Waals surface area (Å²) in [5.41, 5.74) is 5.16. The fraction of sp³-hybridized carbons (Fsp3) is 0.667. The Morgan fingerprint density at radius 1 is 0.979 bits per heavy atom. The van der Waals surface area contributed by atoms with Gasteiger partial charge >= 0.3 is 12.0 Å². The van der Waals surface area contributed by atoms with E-state index in [0.29, 0.717) is 13.0 Å². The Morgan fingerprint density at radius 2 is 1.60 bits per heavy atom. The van der Waals surface area contributed by atoms with Crippen molar-refractivity contribution >= 4 is 35.5 Å². The predicted octanol–water partition coefficient (Wildman–Crippen LogP) is 3.24. The third-order valence-electron chi connectivity index (χ3n) is 10.6. The van der Waals surface area contributed by atoms with Crippen LogP contribution in [0.2, 0.25) is 0 Å². The zero-order chi connectivity index (χ0) is 35.7. The molecule has 7 atom stereocenters. The second-order valence-corrected chi connectivity index (χ2v) is 15.8. The Hall–Kier alpha value is -3.96. The lowest BCUT2D eigenvalue weighted by Gasteiger charge is -2.38. The number of primary amides is 1. The molecule has 0 spiro atoms. The molecule has 3 aliphatic rings. The summed E-state index contributed by atoms with van der Waals surface area (Å²) in [6.45, 7) is 15.1. The minimum atomic E-state index is -1.11. The van der Waals surface area contributed by atoms with Crippen LogP contribution >= 0.6 is 0 Å². The van der Waals surface area contributed by atoms with Gasteiger partial charge in [0.05, 0.1) is 6.04 Å². The lowest BCUT2D eigenvalue weighted by Crippen LogP contribution is -2.62. The third kappa shape index (κ3) is 8.01. The number of fused-ring (bicyclic) bond motifs is 1. The van der Waals surface area contributed by atoms with Gasteiger partial charge in [0.1, 0.15) is 24.2 Å². The van der Waals surface area contributed by atoms with Gasteiger partial charge in [-0.05, 0) is 53.4 Å². The van der Waals surface area contributed by atoms with Crippen LogP contribution < -0.4 is 21.7 Å². The zero-order valence-corrected chi connectivity index (χ0v) is 29.5. The summed E-state index contributed by atoms with van der Waals surface area (Å²) >= 11 is 0. The number of nitrogens with one attached hydrogen (secondary N) is 3. The fourth-order valence-electron chi connectivity index (χ4n) is 7.20. The molecule has 4 rings (SSSR count). The van der Waals surface area contributed by atoms with Crippen LogP contribution in [0, 0.1) is 34.5 Å². The smallest absolute Gasteiger partial charge is 0.329 e. The number of urea groups is 1. The highest BCUT2D eigenvalue weighted by Gasteiger charge is 2.70. The summed E-state index contributed by atoms with van der Waals surface area (Å²) in [6.07, 6.45) is 2.63. The van der Waals surface area contributed by atoms with Gasteiger partial charge < -0.3 is 31.3 Å². The maximum Gasteiger partial charge on any atom is 0.329 e. The molecule has 48 heavy (non-hydrogen) atoms. The Labute approximate surface area is 283 Å². The van der Waals surface area contributed by atoms with E-state index in [9.17, 15) is 28.8 Å². The number of rotatable bonds is 13. The van der Waals surface area contributed by atoms with Crippen LogP contribution in [0.15, 0.2) is 30.3 Å². The number of nitrogens with two attached hydrogens (primary N) is 1. The Morgan fingerprint density at radius 3 is 2.12 bits per heavy atom. The summed E-state index contributed by atoms with van der Waals surface area (Å²) in [7, 11) is 0. The predicted molar refractivity (Wildman–Crippen MR) is 179 cm³/mol. The van der Waals surface area contributed by atoms with E-state index < -0.39 is 71.2 Å². The number of carbonyl (C=O) groups is 6. The van der Waals surface area contributed by atoms with Crippen LogP contribution in [-0.4, -0.2) is 71.1 Å². The maximum absolute atomic E-state index is 14.3. The van der Waals surface area contributed by atoms with Crippen molar-refractivity contribution < 1.29 is 33.5 Å². The molecule has 1 aromatic rings. The second kappa shape index (κ2) is 14.3. The van der Waals surface area contributed by atoms with Crippen LogP contribution in [0.3, 0.4) is 0 Å². The summed E-state index contributed by atoms with van der Waals surface area (Å²) in [5.74, 6) is -3.71. The second-order valence-electron chi connectivity index (χ2n) is 15.8. The molecule has 5 amide bonds. The number of hydrogen-bond acceptors (Lipinski definition) is 7. The van der Waals surface area contributed by atoms with E-state index in [1.807, 2.05) is 65.0 Å². The number of esters is 1. The third-order valence-corrected chi connectivity index (χ3v) is 10.6. The Balaban J connectivity index is 1.49. The van der Waals surface area contributed by atoms with Crippen molar-refractivity contribution in [2.75, 3.05) is 6.54 Å². The van der Waals surface area contributed by atoms with Gasteiger partial charge in [-0.1, -0.05) is 98.1 Å². The van der Waals surface area contributed by atoms with E-state index in [2.05, 4.69) is 16.0 Å². The van der Waals surface area contributed by atoms with Crippen molar-refractivity contribution in [3.05, 3.63) is 35.9 Å². The Bertz CT molecular complexity index is 1400. The molecule has 1 aliphatic heterocycles. The molecule has 2 saturated carbocycles. The molecular weight excluding hydrogens is 614 g/mol. The van der Waals surface area contributed by atoms with Crippen LogP contribution in [-0.2, 0) is 28.7 Å². The SMILES string of the molecule is CC(C)[C@H](NC(=O)N[C@H](C(=O)N1C[C@H]2[C@@H]([C@H]1C(=O)NC(CC1CCC1)C(=O)C(N)=O)C2(C)C)C(C)(C)C)C(=O)O[C@@H](C)c1ccccc1. The molecular formula is C36H53N5O7. The number of benzene rings is 1. The molecule has 1 unspecified atom stereocenters. The molecule has 3 fully saturated rings. The fourth-order valence-corrected chi connectivity index (χ4v) is 7.20. The van der Waals surface area contributed by atoms with Gasteiger partial charge in [0.2, 0.25) is 17.6 Å². The van der Waals surface area contributed by atoms with E-state index in [-0.39, 0.29) is 29.1 Å². The number of nitrogens with zero attached hydrogens (tertiary/aromatic N) is 1. The number of ketones is 1. The topological polar surface area (TPSA) is 177 Å². The van der Waals surface area contributed by atoms with Crippen LogP contribution in [0.5, 0.6) is 0 Å². The zero-order valence-electron chi connectivity index (χ0n) is 29.5. The summed E-state index contributed by atoms with van der Waals surface area (Å²) in [5, 5.41) is 8.28. The van der Waals surface area contributed by atoms with E-state index in [4.69, 9.17) is 10.5 Å². The van der Waals surface area contributed by atoms with E-state index >= 15 is 0 Å². The van der Waals surface area contributed by atoms with Gasteiger partial charge in [-0.3, -0.25) is 19.2 Å². The Kier molecular flexibility index (Phi) is 11.0. The highest BCUT2D eigenvalue weighted by atomic mass is 16.5. The number of amides is 5. The van der Waals surface area contributed by atoms with Crippen LogP contribution in [0.25, 0.3) is 0 Å². The van der Waals surface area contributed by atoms with Crippen molar-refractivity contribution in [2.24, 2.45) is 40.2 Å². The molecule has 5 N–H and O–H groups in total. The van der Waals surface area contributed by atoms with Crippen molar-refractivity contribution in [2.45, 2.75) is 111 Å². The molecule has 2 aliphatic carbocycles. The normalized spacial score (nSPS) is 23.9.